The fraction of sp³-hybridized carbons (Fsp3) is 0.571. The van der Waals surface area contributed by atoms with E-state index in [1.165, 1.54) is 16.4 Å². The molecule has 0 aliphatic rings. The molecule has 1 N–H and O–H groups in total. The van der Waals surface area contributed by atoms with Crippen LogP contribution in [0.5, 0.6) is 5.75 Å². The lowest BCUT2D eigenvalue weighted by Crippen LogP contribution is -2.38. The SMILES string of the molecule is CCCN(CCNS(=O)(=O)c1ccc(OCC)cc1)S(C)(=O)=O. The molecular formula is C14H24N2O5S2. The summed E-state index contributed by atoms with van der Waals surface area (Å²) in [5, 5.41) is 0. The van der Waals surface area contributed by atoms with Gasteiger partial charge in [-0.15, -0.1) is 0 Å². The number of hydrogen-bond donors (Lipinski definition) is 1. The van der Waals surface area contributed by atoms with Gasteiger partial charge < -0.3 is 4.74 Å². The van der Waals surface area contributed by atoms with Crippen molar-refractivity contribution in [3.8, 4) is 5.75 Å². The van der Waals surface area contributed by atoms with Gasteiger partial charge in [0.1, 0.15) is 5.75 Å². The second-order valence-electron chi connectivity index (χ2n) is 4.96. The minimum atomic E-state index is -3.68. The Morgan fingerprint density at radius 3 is 2.13 bits per heavy atom. The van der Waals surface area contributed by atoms with Gasteiger partial charge in [-0.25, -0.2) is 25.9 Å². The van der Waals surface area contributed by atoms with E-state index in [0.29, 0.717) is 25.3 Å². The van der Waals surface area contributed by atoms with Gasteiger partial charge in [0.15, 0.2) is 0 Å². The Morgan fingerprint density at radius 1 is 1.04 bits per heavy atom. The van der Waals surface area contributed by atoms with Gasteiger partial charge in [-0.3, -0.25) is 0 Å². The zero-order chi connectivity index (χ0) is 17.5. The number of rotatable bonds is 10. The Labute approximate surface area is 138 Å². The van der Waals surface area contributed by atoms with Gasteiger partial charge >= 0.3 is 0 Å². The van der Waals surface area contributed by atoms with E-state index in [0.717, 1.165) is 6.26 Å². The van der Waals surface area contributed by atoms with Crippen molar-refractivity contribution >= 4 is 20.0 Å². The summed E-state index contributed by atoms with van der Waals surface area (Å²) >= 11 is 0. The lowest BCUT2D eigenvalue weighted by molar-refractivity contribution is 0.340. The third kappa shape index (κ3) is 6.46. The highest BCUT2D eigenvalue weighted by atomic mass is 32.2. The van der Waals surface area contributed by atoms with Crippen molar-refractivity contribution in [3.63, 3.8) is 0 Å². The molecule has 0 unspecified atom stereocenters. The molecule has 0 radical (unpaired) electrons. The first-order chi connectivity index (χ1) is 10.7. The van der Waals surface area contributed by atoms with E-state index >= 15 is 0 Å². The summed E-state index contributed by atoms with van der Waals surface area (Å²) in [7, 11) is -7.01. The summed E-state index contributed by atoms with van der Waals surface area (Å²) in [6, 6.07) is 6.07. The number of nitrogens with zero attached hydrogens (tertiary/aromatic N) is 1. The van der Waals surface area contributed by atoms with Crippen LogP contribution in [0.1, 0.15) is 20.3 Å². The van der Waals surface area contributed by atoms with Crippen LogP contribution in [0.15, 0.2) is 29.2 Å². The fourth-order valence-corrected chi connectivity index (χ4v) is 3.92. The zero-order valence-electron chi connectivity index (χ0n) is 13.6. The van der Waals surface area contributed by atoms with Gasteiger partial charge in [0.25, 0.3) is 0 Å². The molecule has 0 bridgehead atoms. The van der Waals surface area contributed by atoms with Crippen LogP contribution in [0.4, 0.5) is 0 Å². The summed E-state index contributed by atoms with van der Waals surface area (Å²) in [6.07, 6.45) is 1.78. The molecule has 132 valence electrons. The van der Waals surface area contributed by atoms with Crippen LogP contribution in [-0.4, -0.2) is 53.6 Å². The molecular weight excluding hydrogens is 340 g/mol. The number of sulfonamides is 2. The summed E-state index contributed by atoms with van der Waals surface area (Å²) in [5.41, 5.74) is 0. The number of nitrogens with one attached hydrogen (secondary N) is 1. The lowest BCUT2D eigenvalue weighted by Gasteiger charge is -2.19. The second-order valence-corrected chi connectivity index (χ2v) is 8.71. The third-order valence-electron chi connectivity index (χ3n) is 3.04. The fourth-order valence-electron chi connectivity index (χ4n) is 1.96. The molecule has 0 saturated carbocycles. The Hall–Kier alpha value is -1.16. The van der Waals surface area contributed by atoms with Crippen molar-refractivity contribution in [1.82, 2.24) is 9.03 Å². The quantitative estimate of drug-likeness (QED) is 0.669. The smallest absolute Gasteiger partial charge is 0.240 e. The molecule has 7 nitrogen and oxygen atoms in total. The topological polar surface area (TPSA) is 92.8 Å². The normalized spacial score (nSPS) is 12.5. The van der Waals surface area contributed by atoms with Gasteiger partial charge in [0.05, 0.1) is 17.8 Å². The van der Waals surface area contributed by atoms with Crippen molar-refractivity contribution in [2.45, 2.75) is 25.2 Å². The Balaban J connectivity index is 2.68. The Morgan fingerprint density at radius 2 is 1.65 bits per heavy atom. The summed E-state index contributed by atoms with van der Waals surface area (Å²) in [4.78, 5) is 0.113. The maximum atomic E-state index is 12.2. The van der Waals surface area contributed by atoms with E-state index < -0.39 is 20.0 Å². The molecule has 9 heteroatoms. The first-order valence-corrected chi connectivity index (χ1v) is 10.7. The highest BCUT2D eigenvalue weighted by molar-refractivity contribution is 7.89. The van der Waals surface area contributed by atoms with Gasteiger partial charge in [-0.2, -0.15) is 0 Å². The largest absolute Gasteiger partial charge is 0.494 e. The van der Waals surface area contributed by atoms with E-state index in [-0.39, 0.29) is 18.0 Å². The molecule has 0 saturated heterocycles. The van der Waals surface area contributed by atoms with Crippen molar-refractivity contribution in [2.75, 3.05) is 32.5 Å². The van der Waals surface area contributed by atoms with E-state index in [4.69, 9.17) is 4.74 Å². The zero-order valence-corrected chi connectivity index (χ0v) is 15.3. The van der Waals surface area contributed by atoms with Crippen molar-refractivity contribution in [2.24, 2.45) is 0 Å². The summed E-state index contributed by atoms with van der Waals surface area (Å²) < 4.78 is 56.4. The minimum Gasteiger partial charge on any atom is -0.494 e. The van der Waals surface area contributed by atoms with Gasteiger partial charge in [0, 0.05) is 19.6 Å². The van der Waals surface area contributed by atoms with E-state index in [2.05, 4.69) is 4.72 Å². The average Bonchev–Trinajstić information content (AvgIpc) is 2.46. The van der Waals surface area contributed by atoms with Crippen LogP contribution in [0.25, 0.3) is 0 Å². The maximum Gasteiger partial charge on any atom is 0.240 e. The van der Waals surface area contributed by atoms with E-state index in [9.17, 15) is 16.8 Å². The van der Waals surface area contributed by atoms with Gasteiger partial charge in [-0.1, -0.05) is 6.92 Å². The summed E-state index contributed by atoms with van der Waals surface area (Å²) in [5.74, 6) is 0.595. The predicted molar refractivity (Wildman–Crippen MR) is 89.5 cm³/mol. The highest BCUT2D eigenvalue weighted by Gasteiger charge is 2.18. The Bertz CT molecular complexity index is 684. The molecule has 0 heterocycles. The van der Waals surface area contributed by atoms with E-state index in [1.807, 2.05) is 13.8 Å². The molecule has 0 aromatic heterocycles. The highest BCUT2D eigenvalue weighted by Crippen LogP contribution is 2.15. The van der Waals surface area contributed by atoms with Crippen LogP contribution in [0.3, 0.4) is 0 Å². The molecule has 0 atom stereocenters. The molecule has 0 amide bonds. The van der Waals surface area contributed by atoms with Crippen LogP contribution < -0.4 is 9.46 Å². The molecule has 0 spiro atoms. The molecule has 23 heavy (non-hydrogen) atoms. The first kappa shape index (κ1) is 19.9. The van der Waals surface area contributed by atoms with Gasteiger partial charge in [0.2, 0.25) is 20.0 Å². The molecule has 1 aromatic rings. The van der Waals surface area contributed by atoms with Crippen LogP contribution in [-0.2, 0) is 20.0 Å². The number of hydrogen-bond acceptors (Lipinski definition) is 5. The van der Waals surface area contributed by atoms with Crippen molar-refractivity contribution < 1.29 is 21.6 Å². The predicted octanol–water partition coefficient (Wildman–Crippen LogP) is 1.04. The van der Waals surface area contributed by atoms with Crippen molar-refractivity contribution in [3.05, 3.63) is 24.3 Å². The van der Waals surface area contributed by atoms with Gasteiger partial charge in [-0.05, 0) is 37.6 Å². The standard InChI is InChI=1S/C14H24N2O5S2/c1-4-11-16(22(3,17)18)12-10-15-23(19,20)14-8-6-13(7-9-14)21-5-2/h6-9,15H,4-5,10-12H2,1-3H3. The van der Waals surface area contributed by atoms with Crippen LogP contribution in [0.2, 0.25) is 0 Å². The third-order valence-corrected chi connectivity index (χ3v) is 5.82. The minimum absolute atomic E-state index is 0.0165. The van der Waals surface area contributed by atoms with Crippen molar-refractivity contribution in [1.29, 1.82) is 0 Å². The maximum absolute atomic E-state index is 12.2. The Kier molecular flexibility index (Phi) is 7.46. The van der Waals surface area contributed by atoms with Crippen LogP contribution in [0, 0.1) is 0 Å². The molecule has 0 fully saturated rings. The average molecular weight is 364 g/mol. The van der Waals surface area contributed by atoms with E-state index in [1.54, 1.807) is 12.1 Å². The van der Waals surface area contributed by atoms with Crippen LogP contribution >= 0.6 is 0 Å². The molecule has 1 rings (SSSR count). The number of benzene rings is 1. The monoisotopic (exact) mass is 364 g/mol. The second kappa shape index (κ2) is 8.62. The number of ether oxygens (including phenoxy) is 1. The first-order valence-electron chi connectivity index (χ1n) is 7.38. The lowest BCUT2D eigenvalue weighted by atomic mass is 10.3. The summed E-state index contributed by atoms with van der Waals surface area (Å²) in [6.45, 7) is 4.69. The molecule has 0 aliphatic heterocycles. The molecule has 0 aliphatic carbocycles. The molecule has 1 aromatic carbocycles.